The molecule has 0 aromatic heterocycles. The second-order valence-electron chi connectivity index (χ2n) is 4.01. The van der Waals surface area contributed by atoms with Gasteiger partial charge in [0, 0.05) is 23.2 Å². The first-order valence-corrected chi connectivity index (χ1v) is 6.43. The summed E-state index contributed by atoms with van der Waals surface area (Å²) < 4.78 is 38.8. The largest absolute Gasteiger partial charge is 0.418 e. The molecule has 0 atom stereocenters. The second-order valence-corrected chi connectivity index (χ2v) is 4.93. The highest BCUT2D eigenvalue weighted by atomic mass is 79.9. The molecule has 0 spiro atoms. The van der Waals surface area contributed by atoms with Gasteiger partial charge < -0.3 is 10.2 Å². The molecule has 1 aromatic rings. The number of alkyl halides is 3. The van der Waals surface area contributed by atoms with Gasteiger partial charge in [0.1, 0.15) is 0 Å². The minimum absolute atomic E-state index is 0.121. The van der Waals surface area contributed by atoms with Gasteiger partial charge in [-0.1, -0.05) is 22.9 Å². The Bertz CT molecular complexity index is 393. The summed E-state index contributed by atoms with van der Waals surface area (Å²) in [6.45, 7) is 4.05. The molecule has 0 amide bonds. The van der Waals surface area contributed by atoms with Crippen molar-refractivity contribution in [2.24, 2.45) is 0 Å². The first kappa shape index (κ1) is 15.3. The van der Waals surface area contributed by atoms with Crippen molar-refractivity contribution < 1.29 is 13.2 Å². The maximum Gasteiger partial charge on any atom is 0.418 e. The minimum atomic E-state index is -4.34. The highest BCUT2D eigenvalue weighted by Gasteiger charge is 2.33. The van der Waals surface area contributed by atoms with Gasteiger partial charge in [-0.2, -0.15) is 13.2 Å². The van der Waals surface area contributed by atoms with E-state index in [0.717, 1.165) is 12.6 Å². The number of hydrogen-bond acceptors (Lipinski definition) is 2. The van der Waals surface area contributed by atoms with E-state index in [2.05, 4.69) is 21.2 Å². The Hall–Kier alpha value is -0.750. The van der Waals surface area contributed by atoms with Gasteiger partial charge in [0.05, 0.1) is 5.56 Å². The summed E-state index contributed by atoms with van der Waals surface area (Å²) in [4.78, 5) is 2.03. The molecule has 6 heteroatoms. The summed E-state index contributed by atoms with van der Waals surface area (Å²) in [5.74, 6) is 0. The number of rotatable bonds is 5. The van der Waals surface area contributed by atoms with Crippen LogP contribution in [0.5, 0.6) is 0 Å². The fourth-order valence-corrected chi connectivity index (χ4v) is 1.81. The van der Waals surface area contributed by atoms with E-state index in [1.54, 1.807) is 6.07 Å². The smallest absolute Gasteiger partial charge is 0.383 e. The first-order valence-electron chi connectivity index (χ1n) is 5.63. The van der Waals surface area contributed by atoms with Gasteiger partial charge in [-0.15, -0.1) is 0 Å². The maximum absolute atomic E-state index is 12.8. The van der Waals surface area contributed by atoms with Crippen LogP contribution in [-0.2, 0) is 6.18 Å². The van der Waals surface area contributed by atoms with Gasteiger partial charge in [-0.25, -0.2) is 0 Å². The zero-order valence-electron chi connectivity index (χ0n) is 10.3. The Balaban J connectivity index is 2.76. The molecule has 0 aliphatic rings. The Labute approximate surface area is 113 Å². The second kappa shape index (κ2) is 6.43. The summed E-state index contributed by atoms with van der Waals surface area (Å²) in [6.07, 6.45) is -4.34. The van der Waals surface area contributed by atoms with Crippen LogP contribution >= 0.6 is 15.9 Å². The lowest BCUT2D eigenvalue weighted by molar-refractivity contribution is -0.137. The van der Waals surface area contributed by atoms with Crippen molar-refractivity contribution >= 4 is 21.6 Å². The molecule has 0 unspecified atom stereocenters. The predicted molar refractivity (Wildman–Crippen MR) is 70.8 cm³/mol. The minimum Gasteiger partial charge on any atom is -0.383 e. The number of benzene rings is 1. The summed E-state index contributed by atoms with van der Waals surface area (Å²) in [7, 11) is 1.92. The molecule has 1 rings (SSSR count). The number of likely N-dealkylation sites (N-methyl/N-ethyl adjacent to an activating group) is 1. The Morgan fingerprint density at radius 1 is 1.33 bits per heavy atom. The Kier molecular flexibility index (Phi) is 5.47. The molecule has 0 aliphatic carbocycles. The number of nitrogens with zero attached hydrogens (tertiary/aromatic N) is 1. The van der Waals surface area contributed by atoms with Crippen molar-refractivity contribution in [2.45, 2.75) is 13.1 Å². The topological polar surface area (TPSA) is 15.3 Å². The quantitative estimate of drug-likeness (QED) is 0.885. The van der Waals surface area contributed by atoms with Crippen molar-refractivity contribution in [3.8, 4) is 0 Å². The average molecular weight is 325 g/mol. The molecule has 0 saturated heterocycles. The fraction of sp³-hybridized carbons (Fsp3) is 0.500. The highest BCUT2D eigenvalue weighted by molar-refractivity contribution is 9.10. The summed E-state index contributed by atoms with van der Waals surface area (Å²) in [5, 5.41) is 2.83. The summed E-state index contributed by atoms with van der Waals surface area (Å²) in [5.41, 5.74) is -0.522. The van der Waals surface area contributed by atoms with Crippen molar-refractivity contribution in [2.75, 3.05) is 32.0 Å². The van der Waals surface area contributed by atoms with Gasteiger partial charge in [-0.05, 0) is 31.8 Å². The maximum atomic E-state index is 12.8. The van der Waals surface area contributed by atoms with Crippen LogP contribution in [0.2, 0.25) is 0 Å². The monoisotopic (exact) mass is 324 g/mol. The van der Waals surface area contributed by atoms with E-state index in [1.165, 1.54) is 6.07 Å². The third-order valence-corrected chi connectivity index (χ3v) is 3.13. The number of anilines is 1. The molecule has 0 saturated carbocycles. The van der Waals surface area contributed by atoms with Gasteiger partial charge in [0.25, 0.3) is 0 Å². The van der Waals surface area contributed by atoms with Gasteiger partial charge in [-0.3, -0.25) is 0 Å². The normalized spacial score (nSPS) is 11.9. The van der Waals surface area contributed by atoms with E-state index in [0.29, 0.717) is 17.6 Å². The highest BCUT2D eigenvalue weighted by Crippen LogP contribution is 2.36. The SMILES string of the molecule is CCN(C)CCNc1ccc(Br)cc1C(F)(F)F. The fourth-order valence-electron chi connectivity index (χ4n) is 1.44. The molecule has 1 N–H and O–H groups in total. The zero-order valence-corrected chi connectivity index (χ0v) is 11.9. The van der Waals surface area contributed by atoms with Crippen molar-refractivity contribution in [3.63, 3.8) is 0 Å². The van der Waals surface area contributed by atoms with E-state index in [-0.39, 0.29) is 5.69 Å². The van der Waals surface area contributed by atoms with E-state index in [9.17, 15) is 13.2 Å². The molecular weight excluding hydrogens is 309 g/mol. The first-order chi connectivity index (χ1) is 8.34. The molecule has 0 heterocycles. The van der Waals surface area contributed by atoms with Gasteiger partial charge >= 0.3 is 6.18 Å². The molecule has 0 aliphatic heterocycles. The third kappa shape index (κ3) is 4.49. The van der Waals surface area contributed by atoms with E-state index < -0.39 is 11.7 Å². The lowest BCUT2D eigenvalue weighted by Crippen LogP contribution is -2.25. The van der Waals surface area contributed by atoms with Gasteiger partial charge in [0.2, 0.25) is 0 Å². The molecular formula is C12H16BrF3N2. The van der Waals surface area contributed by atoms with Crippen LogP contribution in [0.3, 0.4) is 0 Å². The Morgan fingerprint density at radius 2 is 2.00 bits per heavy atom. The van der Waals surface area contributed by atoms with Crippen molar-refractivity contribution in [1.29, 1.82) is 0 Å². The third-order valence-electron chi connectivity index (χ3n) is 2.64. The molecule has 0 bridgehead atoms. The van der Waals surface area contributed by atoms with Crippen molar-refractivity contribution in [1.82, 2.24) is 4.90 Å². The summed E-state index contributed by atoms with van der Waals surface area (Å²) >= 11 is 3.06. The predicted octanol–water partition coefficient (Wildman–Crippen LogP) is 3.83. The molecule has 1 aromatic carbocycles. The lowest BCUT2D eigenvalue weighted by atomic mass is 10.1. The van der Waals surface area contributed by atoms with Crippen LogP contribution in [0.1, 0.15) is 12.5 Å². The van der Waals surface area contributed by atoms with Gasteiger partial charge in [0.15, 0.2) is 0 Å². The number of hydrogen-bond donors (Lipinski definition) is 1. The Morgan fingerprint density at radius 3 is 2.56 bits per heavy atom. The van der Waals surface area contributed by atoms with Crippen LogP contribution in [0, 0.1) is 0 Å². The van der Waals surface area contributed by atoms with Crippen LogP contribution in [0.15, 0.2) is 22.7 Å². The van der Waals surface area contributed by atoms with Crippen LogP contribution in [-0.4, -0.2) is 31.6 Å². The lowest BCUT2D eigenvalue weighted by Gasteiger charge is -2.18. The zero-order chi connectivity index (χ0) is 13.8. The average Bonchev–Trinajstić information content (AvgIpc) is 2.29. The molecule has 18 heavy (non-hydrogen) atoms. The molecule has 2 nitrogen and oxygen atoms in total. The molecule has 0 fully saturated rings. The standard InChI is InChI=1S/C12H16BrF3N2/c1-3-18(2)7-6-17-11-5-4-9(13)8-10(11)12(14,15)16/h4-5,8,17H,3,6-7H2,1-2H3. The summed E-state index contributed by atoms with van der Waals surface area (Å²) in [6, 6.07) is 4.13. The molecule has 0 radical (unpaired) electrons. The van der Waals surface area contributed by atoms with Crippen LogP contribution in [0.4, 0.5) is 18.9 Å². The van der Waals surface area contributed by atoms with Crippen LogP contribution < -0.4 is 5.32 Å². The number of nitrogens with one attached hydrogen (secondary N) is 1. The van der Waals surface area contributed by atoms with E-state index in [1.807, 2.05) is 18.9 Å². The number of halogens is 4. The molecule has 102 valence electrons. The van der Waals surface area contributed by atoms with E-state index >= 15 is 0 Å². The van der Waals surface area contributed by atoms with Crippen molar-refractivity contribution in [3.05, 3.63) is 28.2 Å². The van der Waals surface area contributed by atoms with E-state index in [4.69, 9.17) is 0 Å². The van der Waals surface area contributed by atoms with Crippen LogP contribution in [0.25, 0.3) is 0 Å².